The number of aryl methyl sites for hydroxylation is 2. The third-order valence-electron chi connectivity index (χ3n) is 6.70. The summed E-state index contributed by atoms with van der Waals surface area (Å²) in [6.07, 6.45) is 4.03. The molecule has 1 aromatic carbocycles. The summed E-state index contributed by atoms with van der Waals surface area (Å²) < 4.78 is 35.3. The average Bonchev–Trinajstić information content (AvgIpc) is 3.13. The number of carbonyl (C=O) groups excluding carboxylic acids is 1. The van der Waals surface area contributed by atoms with Crippen LogP contribution in [0, 0.1) is 37.3 Å². The maximum atomic E-state index is 14.0. The number of ether oxygens (including phenoxy) is 1. The molecule has 180 valence electrons. The summed E-state index contributed by atoms with van der Waals surface area (Å²) in [6.45, 7) is 3.31. The van der Waals surface area contributed by atoms with Crippen LogP contribution >= 0.6 is 0 Å². The zero-order chi connectivity index (χ0) is 24.4. The van der Waals surface area contributed by atoms with Gasteiger partial charge in [0.1, 0.15) is 18.2 Å². The molecule has 0 bridgehead atoms. The maximum absolute atomic E-state index is 14.0. The van der Waals surface area contributed by atoms with Crippen molar-refractivity contribution in [2.24, 2.45) is 11.8 Å². The molecule has 0 saturated heterocycles. The van der Waals surface area contributed by atoms with Crippen molar-refractivity contribution in [1.29, 1.82) is 0 Å². The zero-order valence-electron chi connectivity index (χ0n) is 19.3. The van der Waals surface area contributed by atoms with Gasteiger partial charge in [-0.3, -0.25) is 9.59 Å². The number of carboxylic acids is 1. The van der Waals surface area contributed by atoms with Gasteiger partial charge in [-0.25, -0.2) is 13.3 Å². The topological polar surface area (TPSA) is 80.9 Å². The Morgan fingerprint density at radius 3 is 2.44 bits per heavy atom. The maximum Gasteiger partial charge on any atom is 0.306 e. The molecule has 0 radical (unpaired) electrons. The Kier molecular flexibility index (Phi) is 6.95. The van der Waals surface area contributed by atoms with Gasteiger partial charge in [-0.05, 0) is 75.6 Å². The van der Waals surface area contributed by atoms with Crippen LogP contribution in [0.4, 0.5) is 8.78 Å². The van der Waals surface area contributed by atoms with Gasteiger partial charge in [-0.1, -0.05) is 6.07 Å². The minimum Gasteiger partial charge on any atom is -0.481 e. The molecule has 2 heterocycles. The van der Waals surface area contributed by atoms with Gasteiger partial charge in [0.05, 0.1) is 28.3 Å². The lowest BCUT2D eigenvalue weighted by Gasteiger charge is -2.25. The predicted molar refractivity (Wildman–Crippen MR) is 122 cm³/mol. The van der Waals surface area contributed by atoms with Crippen molar-refractivity contribution in [2.75, 3.05) is 0 Å². The number of benzene rings is 1. The summed E-state index contributed by atoms with van der Waals surface area (Å²) in [6, 6.07) is 7.22. The fraction of sp³-hybridized carbons (Fsp3) is 0.423. The van der Waals surface area contributed by atoms with E-state index in [0.29, 0.717) is 54.3 Å². The number of pyridine rings is 1. The van der Waals surface area contributed by atoms with Crippen LogP contribution in [-0.2, 0) is 11.4 Å². The highest BCUT2D eigenvalue weighted by molar-refractivity contribution is 6.03. The van der Waals surface area contributed by atoms with Crippen molar-refractivity contribution in [3.05, 3.63) is 64.4 Å². The van der Waals surface area contributed by atoms with Crippen LogP contribution in [0.2, 0.25) is 0 Å². The van der Waals surface area contributed by atoms with E-state index < -0.39 is 17.6 Å². The van der Waals surface area contributed by atoms with Gasteiger partial charge in [0, 0.05) is 12.5 Å². The lowest BCUT2D eigenvalue weighted by Crippen LogP contribution is -2.21. The van der Waals surface area contributed by atoms with E-state index in [4.69, 9.17) is 9.84 Å². The third kappa shape index (κ3) is 4.95. The molecule has 3 aromatic rings. The molecule has 1 fully saturated rings. The van der Waals surface area contributed by atoms with Crippen LogP contribution in [0.5, 0.6) is 5.88 Å². The Bertz CT molecular complexity index is 1210. The van der Waals surface area contributed by atoms with Crippen LogP contribution in [-0.4, -0.2) is 26.5 Å². The van der Waals surface area contributed by atoms with Crippen LogP contribution in [0.15, 0.2) is 30.3 Å². The summed E-state index contributed by atoms with van der Waals surface area (Å²) in [5.41, 5.74) is 2.34. The first kappa shape index (κ1) is 23.9. The lowest BCUT2D eigenvalue weighted by molar-refractivity contribution is -0.143. The monoisotopic (exact) mass is 470 g/mol. The van der Waals surface area contributed by atoms with Crippen LogP contribution in [0.25, 0.3) is 5.52 Å². The fourth-order valence-electron chi connectivity index (χ4n) is 4.78. The number of fused-ring (bicyclic) bond motifs is 1. The standard InChI is InChI=1S/C26H28F2N2O4/c1-15-12-22-25(23(31)11-8-17-6-9-18(10-7-17)26(32)33)16(2)29-30(22)24(13-15)34-14-19-20(27)4-3-5-21(19)28/h3-5,12-13,17-18H,6-11,14H2,1-2H3,(H,32,33). The normalized spacial score (nSPS) is 18.2. The van der Waals surface area contributed by atoms with Gasteiger partial charge in [-0.15, -0.1) is 0 Å². The van der Waals surface area contributed by atoms with Crippen LogP contribution in [0.3, 0.4) is 0 Å². The minimum atomic E-state index is -0.734. The molecule has 0 atom stereocenters. The lowest BCUT2D eigenvalue weighted by atomic mass is 9.79. The summed E-state index contributed by atoms with van der Waals surface area (Å²) in [7, 11) is 0. The quantitative estimate of drug-likeness (QED) is 0.430. The number of ketones is 1. The number of rotatable bonds is 8. The molecule has 34 heavy (non-hydrogen) atoms. The van der Waals surface area contributed by atoms with Crippen molar-refractivity contribution < 1.29 is 28.2 Å². The molecule has 0 unspecified atom stereocenters. The van der Waals surface area contributed by atoms with Crippen molar-refractivity contribution in [1.82, 2.24) is 9.61 Å². The van der Waals surface area contributed by atoms with E-state index in [1.807, 2.05) is 13.0 Å². The van der Waals surface area contributed by atoms with E-state index in [9.17, 15) is 18.4 Å². The molecule has 8 heteroatoms. The molecule has 0 aliphatic heterocycles. The van der Waals surface area contributed by atoms with E-state index in [2.05, 4.69) is 5.10 Å². The molecule has 4 rings (SSSR count). The van der Waals surface area contributed by atoms with E-state index in [1.165, 1.54) is 22.7 Å². The minimum absolute atomic E-state index is 0.0236. The summed E-state index contributed by atoms with van der Waals surface area (Å²) in [4.78, 5) is 24.3. The fourth-order valence-corrected chi connectivity index (χ4v) is 4.78. The second-order valence-corrected chi connectivity index (χ2v) is 9.14. The molecule has 2 aromatic heterocycles. The first-order chi connectivity index (χ1) is 16.2. The van der Waals surface area contributed by atoms with Gasteiger partial charge < -0.3 is 9.84 Å². The molecular weight excluding hydrogens is 442 g/mol. The van der Waals surface area contributed by atoms with E-state index >= 15 is 0 Å². The summed E-state index contributed by atoms with van der Waals surface area (Å²) in [5, 5.41) is 13.6. The number of carboxylic acid groups (broad SMARTS) is 1. The number of halogens is 2. The van der Waals surface area contributed by atoms with Gasteiger partial charge in [0.25, 0.3) is 0 Å². The number of carbonyl (C=O) groups is 2. The Labute approximate surface area is 196 Å². The number of hydrogen-bond donors (Lipinski definition) is 1. The largest absolute Gasteiger partial charge is 0.481 e. The Balaban J connectivity index is 1.50. The molecule has 0 spiro atoms. The average molecular weight is 471 g/mol. The second kappa shape index (κ2) is 9.91. The highest BCUT2D eigenvalue weighted by atomic mass is 19.1. The number of Topliss-reactive ketones (excluding diaryl/α,β-unsaturated/α-hetero) is 1. The van der Waals surface area contributed by atoms with Gasteiger partial charge in [0.2, 0.25) is 5.88 Å². The van der Waals surface area contributed by atoms with E-state index in [-0.39, 0.29) is 23.9 Å². The number of aromatic nitrogens is 2. The molecule has 6 nitrogen and oxygen atoms in total. The Morgan fingerprint density at radius 2 is 1.79 bits per heavy atom. The number of hydrogen-bond acceptors (Lipinski definition) is 4. The first-order valence-electron chi connectivity index (χ1n) is 11.6. The zero-order valence-corrected chi connectivity index (χ0v) is 19.3. The summed E-state index contributed by atoms with van der Waals surface area (Å²) >= 11 is 0. The van der Waals surface area contributed by atoms with Crippen molar-refractivity contribution in [2.45, 2.75) is 59.0 Å². The van der Waals surface area contributed by atoms with Crippen molar-refractivity contribution in [3.8, 4) is 5.88 Å². The highest BCUT2D eigenvalue weighted by Gasteiger charge is 2.27. The van der Waals surface area contributed by atoms with Crippen molar-refractivity contribution >= 4 is 17.3 Å². The van der Waals surface area contributed by atoms with Crippen LogP contribution < -0.4 is 4.74 Å². The predicted octanol–water partition coefficient (Wildman–Crippen LogP) is 5.66. The van der Waals surface area contributed by atoms with Gasteiger partial charge in [-0.2, -0.15) is 5.10 Å². The molecule has 1 aliphatic rings. The highest BCUT2D eigenvalue weighted by Crippen LogP contribution is 2.33. The Hall–Kier alpha value is -3.29. The first-order valence-corrected chi connectivity index (χ1v) is 11.6. The van der Waals surface area contributed by atoms with Crippen LogP contribution in [0.1, 0.15) is 65.7 Å². The Morgan fingerprint density at radius 1 is 1.12 bits per heavy atom. The SMILES string of the molecule is Cc1cc(OCc2c(F)cccc2F)n2nc(C)c(C(=O)CCC3CCC(C(=O)O)CC3)c2c1. The smallest absolute Gasteiger partial charge is 0.306 e. The van der Waals surface area contributed by atoms with Gasteiger partial charge in [0.15, 0.2) is 5.78 Å². The van der Waals surface area contributed by atoms with E-state index in [1.54, 1.807) is 13.0 Å². The molecule has 1 aliphatic carbocycles. The molecule has 1 N–H and O–H groups in total. The number of aliphatic carboxylic acids is 1. The molecule has 1 saturated carbocycles. The van der Waals surface area contributed by atoms with Gasteiger partial charge >= 0.3 is 5.97 Å². The molecular formula is C26H28F2N2O4. The van der Waals surface area contributed by atoms with E-state index in [0.717, 1.165) is 18.4 Å². The molecule has 0 amide bonds. The summed E-state index contributed by atoms with van der Waals surface area (Å²) in [5.74, 6) is -1.76. The van der Waals surface area contributed by atoms with Crippen molar-refractivity contribution in [3.63, 3.8) is 0 Å². The number of nitrogens with zero attached hydrogens (tertiary/aromatic N) is 2. The second-order valence-electron chi connectivity index (χ2n) is 9.14. The third-order valence-corrected chi connectivity index (χ3v) is 6.70.